The Kier molecular flexibility index (Phi) is 2.76. The normalized spacial score (nSPS) is 11.1. The van der Waals surface area contributed by atoms with Crippen LogP contribution in [0.5, 0.6) is 0 Å². The second-order valence-electron chi connectivity index (χ2n) is 2.93. The van der Waals surface area contributed by atoms with Gasteiger partial charge in [-0.25, -0.2) is 4.98 Å². The van der Waals surface area contributed by atoms with Crippen LogP contribution in [0.4, 0.5) is 0 Å². The average molecular weight is 275 g/mol. The Labute approximate surface area is 95.0 Å². The first-order chi connectivity index (χ1) is 6.74. The molecule has 0 aliphatic heterocycles. The van der Waals surface area contributed by atoms with E-state index in [2.05, 4.69) is 20.9 Å². The van der Waals surface area contributed by atoms with Gasteiger partial charge in [-0.15, -0.1) is 0 Å². The van der Waals surface area contributed by atoms with Crippen molar-refractivity contribution in [3.63, 3.8) is 0 Å². The van der Waals surface area contributed by atoms with Gasteiger partial charge in [0, 0.05) is 12.6 Å². The van der Waals surface area contributed by atoms with Crippen LogP contribution in [0.1, 0.15) is 5.82 Å². The number of nitrogens with zero attached hydrogens (tertiary/aromatic N) is 2. The van der Waals surface area contributed by atoms with Crippen molar-refractivity contribution in [3.8, 4) is 0 Å². The lowest BCUT2D eigenvalue weighted by Crippen LogP contribution is -2.06. The highest BCUT2D eigenvalue weighted by Crippen LogP contribution is 2.26. The van der Waals surface area contributed by atoms with E-state index < -0.39 is 0 Å². The minimum absolute atomic E-state index is 0.581. The van der Waals surface area contributed by atoms with Crippen LogP contribution in [0.3, 0.4) is 0 Å². The van der Waals surface area contributed by atoms with Crippen LogP contribution in [0.25, 0.3) is 5.52 Å². The first-order valence-corrected chi connectivity index (χ1v) is 5.42. The molecule has 0 aliphatic carbocycles. The number of halogens is 2. The molecule has 2 heterocycles. The molecule has 2 aromatic rings. The van der Waals surface area contributed by atoms with Crippen LogP contribution >= 0.6 is 27.5 Å². The van der Waals surface area contributed by atoms with Gasteiger partial charge in [-0.05, 0) is 34.6 Å². The van der Waals surface area contributed by atoms with Gasteiger partial charge >= 0.3 is 0 Å². The Bertz CT molecular complexity index is 466. The molecular weight excluding hydrogens is 265 g/mol. The zero-order valence-corrected chi connectivity index (χ0v) is 9.72. The molecule has 0 aromatic carbocycles. The summed E-state index contributed by atoms with van der Waals surface area (Å²) in [5, 5.41) is 0.690. The summed E-state index contributed by atoms with van der Waals surface area (Å²) >= 11 is 9.44. The maximum atomic E-state index is 6.05. The Balaban J connectivity index is 2.71. The number of hydrogen-bond donors (Lipinski definition) is 1. The van der Waals surface area contributed by atoms with Crippen molar-refractivity contribution in [2.24, 2.45) is 5.73 Å². The molecule has 2 aromatic heterocycles. The molecule has 0 fully saturated rings. The lowest BCUT2D eigenvalue weighted by Gasteiger charge is -1.99. The SMILES string of the molecule is NCCc1nc(Br)c2c(Cl)cccn12. The summed E-state index contributed by atoms with van der Waals surface area (Å²) in [4.78, 5) is 4.36. The van der Waals surface area contributed by atoms with Gasteiger partial charge in [0.1, 0.15) is 10.4 Å². The number of imidazole rings is 1. The molecule has 2 N–H and O–H groups in total. The summed E-state index contributed by atoms with van der Waals surface area (Å²) in [6, 6.07) is 3.74. The molecule has 0 aliphatic rings. The molecule has 0 saturated carbocycles. The quantitative estimate of drug-likeness (QED) is 0.913. The molecule has 0 spiro atoms. The van der Waals surface area contributed by atoms with E-state index in [1.807, 2.05) is 22.7 Å². The highest BCUT2D eigenvalue weighted by atomic mass is 79.9. The monoisotopic (exact) mass is 273 g/mol. The van der Waals surface area contributed by atoms with Crippen molar-refractivity contribution in [2.45, 2.75) is 6.42 Å². The molecule has 2 rings (SSSR count). The molecular formula is C9H9BrClN3. The standard InChI is InChI=1S/C9H9BrClN3/c10-9-8-6(11)2-1-5-14(8)7(13-9)3-4-12/h1-2,5H,3-4,12H2. The fourth-order valence-corrected chi connectivity index (χ4v) is 2.40. The van der Waals surface area contributed by atoms with Gasteiger partial charge < -0.3 is 10.1 Å². The minimum atomic E-state index is 0.581. The van der Waals surface area contributed by atoms with Crippen LogP contribution in [0, 0.1) is 0 Å². The molecule has 0 bridgehead atoms. The lowest BCUT2D eigenvalue weighted by molar-refractivity contribution is 0.861. The second kappa shape index (κ2) is 3.88. The Morgan fingerprint density at radius 3 is 3.07 bits per heavy atom. The molecule has 14 heavy (non-hydrogen) atoms. The van der Waals surface area contributed by atoms with E-state index in [9.17, 15) is 0 Å². The number of hydrogen-bond acceptors (Lipinski definition) is 2. The molecule has 5 heteroatoms. The van der Waals surface area contributed by atoms with Gasteiger partial charge in [0.25, 0.3) is 0 Å². The molecule has 74 valence electrons. The third-order valence-corrected chi connectivity index (χ3v) is 2.87. The van der Waals surface area contributed by atoms with Crippen LogP contribution in [-0.2, 0) is 6.42 Å². The molecule has 0 radical (unpaired) electrons. The van der Waals surface area contributed by atoms with E-state index in [1.54, 1.807) is 0 Å². The first-order valence-electron chi connectivity index (χ1n) is 4.25. The molecule has 0 unspecified atom stereocenters. The fourth-order valence-electron chi connectivity index (χ4n) is 1.42. The first kappa shape index (κ1) is 9.96. The van der Waals surface area contributed by atoms with Crippen LogP contribution < -0.4 is 5.73 Å². The van der Waals surface area contributed by atoms with Crippen molar-refractivity contribution in [2.75, 3.05) is 6.54 Å². The van der Waals surface area contributed by atoms with E-state index in [0.717, 1.165) is 22.4 Å². The number of rotatable bonds is 2. The number of pyridine rings is 1. The summed E-state index contributed by atoms with van der Waals surface area (Å²) in [7, 11) is 0. The number of nitrogens with two attached hydrogens (primary N) is 1. The topological polar surface area (TPSA) is 43.3 Å². The lowest BCUT2D eigenvalue weighted by atomic mass is 10.4. The van der Waals surface area contributed by atoms with Crippen molar-refractivity contribution in [1.82, 2.24) is 9.38 Å². The van der Waals surface area contributed by atoms with Gasteiger partial charge in [0.15, 0.2) is 0 Å². The summed E-state index contributed by atoms with van der Waals surface area (Å²) < 4.78 is 2.73. The number of aromatic nitrogens is 2. The Morgan fingerprint density at radius 1 is 1.57 bits per heavy atom. The molecule has 0 atom stereocenters. The van der Waals surface area contributed by atoms with E-state index >= 15 is 0 Å². The summed E-state index contributed by atoms with van der Waals surface area (Å²) in [6.45, 7) is 0.581. The summed E-state index contributed by atoms with van der Waals surface area (Å²) in [5.74, 6) is 0.928. The van der Waals surface area contributed by atoms with Crippen molar-refractivity contribution in [1.29, 1.82) is 0 Å². The smallest absolute Gasteiger partial charge is 0.133 e. The van der Waals surface area contributed by atoms with Crippen molar-refractivity contribution < 1.29 is 0 Å². The number of fused-ring (bicyclic) bond motifs is 1. The Hall–Kier alpha value is -0.580. The van der Waals surface area contributed by atoms with E-state index in [4.69, 9.17) is 17.3 Å². The maximum Gasteiger partial charge on any atom is 0.133 e. The van der Waals surface area contributed by atoms with Crippen LogP contribution in [0.15, 0.2) is 22.9 Å². The zero-order chi connectivity index (χ0) is 10.1. The highest BCUT2D eigenvalue weighted by molar-refractivity contribution is 9.10. The Morgan fingerprint density at radius 2 is 2.36 bits per heavy atom. The molecule has 3 nitrogen and oxygen atoms in total. The third-order valence-electron chi connectivity index (χ3n) is 2.01. The third kappa shape index (κ3) is 1.54. The maximum absolute atomic E-state index is 6.05. The van der Waals surface area contributed by atoms with Crippen LogP contribution in [-0.4, -0.2) is 15.9 Å². The minimum Gasteiger partial charge on any atom is -0.330 e. The molecule has 0 amide bonds. The molecule has 0 saturated heterocycles. The van der Waals surface area contributed by atoms with E-state index in [1.165, 1.54) is 0 Å². The zero-order valence-electron chi connectivity index (χ0n) is 7.37. The summed E-state index contributed by atoms with van der Waals surface area (Å²) in [6.07, 6.45) is 2.68. The predicted octanol–water partition coefficient (Wildman–Crippen LogP) is 2.25. The highest BCUT2D eigenvalue weighted by Gasteiger charge is 2.10. The van der Waals surface area contributed by atoms with Gasteiger partial charge in [0.05, 0.1) is 10.5 Å². The summed E-state index contributed by atoms with van der Waals surface area (Å²) in [5.41, 5.74) is 6.40. The second-order valence-corrected chi connectivity index (χ2v) is 4.09. The predicted molar refractivity (Wildman–Crippen MR) is 60.7 cm³/mol. The van der Waals surface area contributed by atoms with Gasteiger partial charge in [-0.2, -0.15) is 0 Å². The largest absolute Gasteiger partial charge is 0.330 e. The van der Waals surface area contributed by atoms with Gasteiger partial charge in [-0.1, -0.05) is 11.6 Å². The van der Waals surface area contributed by atoms with E-state index in [-0.39, 0.29) is 0 Å². The van der Waals surface area contributed by atoms with Gasteiger partial charge in [-0.3, -0.25) is 0 Å². The van der Waals surface area contributed by atoms with Crippen LogP contribution in [0.2, 0.25) is 5.02 Å². The fraction of sp³-hybridized carbons (Fsp3) is 0.222. The van der Waals surface area contributed by atoms with E-state index in [0.29, 0.717) is 11.6 Å². The van der Waals surface area contributed by atoms with Crippen molar-refractivity contribution in [3.05, 3.63) is 33.8 Å². The van der Waals surface area contributed by atoms with Crippen molar-refractivity contribution >= 4 is 33.0 Å². The average Bonchev–Trinajstić information content (AvgIpc) is 2.46. The van der Waals surface area contributed by atoms with Gasteiger partial charge in [0.2, 0.25) is 0 Å².